The summed E-state index contributed by atoms with van der Waals surface area (Å²) in [5.74, 6) is 1.95. The molecule has 3 saturated heterocycles. The number of hydrogen-bond acceptors (Lipinski definition) is 12. The lowest BCUT2D eigenvalue weighted by molar-refractivity contribution is -0.378. The molecule has 0 aromatic heterocycles. The molecule has 12 nitrogen and oxygen atoms in total. The zero-order valence-electron chi connectivity index (χ0n) is 33.8. The summed E-state index contributed by atoms with van der Waals surface area (Å²) in [7, 11) is 0. The minimum Gasteiger partial charge on any atom is -0.394 e. The smallest absolute Gasteiger partial charge is 0.187 e. The van der Waals surface area contributed by atoms with E-state index in [-0.39, 0.29) is 39.5 Å². The van der Waals surface area contributed by atoms with Crippen molar-refractivity contribution in [3.8, 4) is 0 Å². The fourth-order valence-electron chi connectivity index (χ4n) is 13.9. The van der Waals surface area contributed by atoms with Gasteiger partial charge in [-0.2, -0.15) is 0 Å². The van der Waals surface area contributed by atoms with Gasteiger partial charge < -0.3 is 59.4 Å². The summed E-state index contributed by atoms with van der Waals surface area (Å²) in [5.41, 5.74) is 1.32. The Kier molecular flexibility index (Phi) is 11.1. The number of aliphatic hydroxyl groups is 7. The molecule has 0 aromatic rings. The largest absolute Gasteiger partial charge is 0.394 e. The van der Waals surface area contributed by atoms with Crippen molar-refractivity contribution >= 4 is 0 Å². The highest BCUT2D eigenvalue weighted by Crippen LogP contribution is 2.78. The van der Waals surface area contributed by atoms with Crippen LogP contribution in [0, 0.1) is 45.3 Å². The van der Waals surface area contributed by atoms with Gasteiger partial charge in [0.2, 0.25) is 0 Å². The lowest BCUT2D eigenvalue weighted by Gasteiger charge is -2.70. The second-order valence-electron chi connectivity index (χ2n) is 20.2. The van der Waals surface area contributed by atoms with Crippen LogP contribution in [0.1, 0.15) is 113 Å². The van der Waals surface area contributed by atoms with E-state index in [9.17, 15) is 35.7 Å². The Morgan fingerprint density at radius 3 is 1.98 bits per heavy atom. The van der Waals surface area contributed by atoms with E-state index >= 15 is 0 Å². The molecule has 0 spiro atoms. The third kappa shape index (κ3) is 6.22. The molecule has 0 aromatic carbocycles. The number of allylic oxidation sites excluding steroid dienone is 2. The molecule has 7 fully saturated rings. The second kappa shape index (κ2) is 14.5. The molecule has 0 amide bonds. The first-order chi connectivity index (χ1) is 25.3. The minimum absolute atomic E-state index is 0.0236. The van der Waals surface area contributed by atoms with Crippen molar-refractivity contribution in [1.29, 1.82) is 0 Å². The second-order valence-corrected chi connectivity index (χ2v) is 20.2. The van der Waals surface area contributed by atoms with Gasteiger partial charge in [0.25, 0.3) is 0 Å². The standard InChI is InChI=1S/C42H70O12/c1-21(2)10-9-14-42(8)22-11-16-41(7)29(22)23(54-42)18-27-39(5)15-13-28(38(3,4)26(39)12-17-40(27,41)6)52-37-35(33(48)31(46)25(20-44)51-37)53-36-34(49)32(47)30(45)24(19-43)50-36/h10,22-37,43-49H,9,11-20H2,1-8H3/t22-,23+,24+,25+,26-,27+,28-,29-,30+,31+,32-,33-,34+,35+,36-,37-,39-,40+,41+,42+/m0/s1. The van der Waals surface area contributed by atoms with E-state index in [1.807, 2.05) is 0 Å². The zero-order chi connectivity index (χ0) is 39.3. The molecule has 310 valence electrons. The molecule has 54 heavy (non-hydrogen) atoms. The van der Waals surface area contributed by atoms with Crippen molar-refractivity contribution < 1.29 is 59.4 Å². The van der Waals surface area contributed by atoms with Crippen molar-refractivity contribution in [3.05, 3.63) is 11.6 Å². The van der Waals surface area contributed by atoms with Gasteiger partial charge in [-0.1, -0.05) is 46.3 Å². The van der Waals surface area contributed by atoms with Crippen LogP contribution in [0.15, 0.2) is 11.6 Å². The summed E-state index contributed by atoms with van der Waals surface area (Å²) >= 11 is 0. The molecule has 0 bridgehead atoms. The van der Waals surface area contributed by atoms with Crippen LogP contribution in [-0.4, -0.2) is 128 Å². The van der Waals surface area contributed by atoms with Crippen LogP contribution < -0.4 is 0 Å². The predicted molar refractivity (Wildman–Crippen MR) is 198 cm³/mol. The molecular formula is C42H70O12. The first-order valence-corrected chi connectivity index (χ1v) is 20.8. The highest BCUT2D eigenvalue weighted by Gasteiger charge is 2.74. The quantitative estimate of drug-likeness (QED) is 0.134. The molecule has 12 heteroatoms. The van der Waals surface area contributed by atoms with Crippen LogP contribution in [0.5, 0.6) is 0 Å². The maximum Gasteiger partial charge on any atom is 0.187 e. The SMILES string of the molecule is CC(C)=CCC[C@@]1(C)O[C@@H]2C[C@@H]3[C@@]4(C)CC[C@H](O[C@@H]5O[C@H](CO)[C@@H](O)[C@H](O)[C@H]5O[C@@H]5O[C@H](CO)[C@@H](O)[C@H](O)[C@H]5O)C(C)(C)[C@@H]4CC[C@@]3(C)[C@]3(C)CC[C@H]1[C@@H]23. The third-order valence-corrected chi connectivity index (χ3v) is 17.0. The molecular weight excluding hydrogens is 696 g/mol. The molecule has 3 heterocycles. The molecule has 0 radical (unpaired) electrons. The fraction of sp³-hybridized carbons (Fsp3) is 0.952. The van der Waals surface area contributed by atoms with Gasteiger partial charge in [0.05, 0.1) is 31.0 Å². The molecule has 7 aliphatic rings. The lowest BCUT2D eigenvalue weighted by atomic mass is 9.35. The van der Waals surface area contributed by atoms with Crippen LogP contribution in [0.3, 0.4) is 0 Å². The Bertz CT molecular complexity index is 1390. The molecule has 20 atom stereocenters. The molecule has 3 aliphatic heterocycles. The number of ether oxygens (including phenoxy) is 5. The number of aliphatic hydroxyl groups excluding tert-OH is 7. The van der Waals surface area contributed by atoms with Crippen molar-refractivity contribution in [2.45, 2.75) is 192 Å². The van der Waals surface area contributed by atoms with Gasteiger partial charge in [0.15, 0.2) is 12.6 Å². The molecule has 0 unspecified atom stereocenters. The van der Waals surface area contributed by atoms with Gasteiger partial charge in [0.1, 0.15) is 48.8 Å². The highest BCUT2D eigenvalue weighted by atomic mass is 16.8. The number of hydrogen-bond donors (Lipinski definition) is 7. The average Bonchev–Trinajstić information content (AvgIpc) is 3.63. The molecule has 7 N–H and O–H groups in total. The normalized spacial score (nSPS) is 55.1. The summed E-state index contributed by atoms with van der Waals surface area (Å²) in [6, 6.07) is 0. The first kappa shape index (κ1) is 41.4. The number of fused-ring (bicyclic) bond motifs is 4. The van der Waals surface area contributed by atoms with Crippen LogP contribution in [0.4, 0.5) is 0 Å². The summed E-state index contributed by atoms with van der Waals surface area (Å²) in [6.07, 6.45) is -2.99. The minimum atomic E-state index is -1.72. The van der Waals surface area contributed by atoms with Gasteiger partial charge in [-0.25, -0.2) is 0 Å². The van der Waals surface area contributed by atoms with E-state index in [1.165, 1.54) is 18.4 Å². The number of rotatable bonds is 9. The summed E-state index contributed by atoms with van der Waals surface area (Å²) in [6.45, 7) is 17.8. The Morgan fingerprint density at radius 2 is 1.33 bits per heavy atom. The molecule has 4 saturated carbocycles. The monoisotopic (exact) mass is 766 g/mol. The van der Waals surface area contributed by atoms with Gasteiger partial charge in [-0.3, -0.25) is 0 Å². The van der Waals surface area contributed by atoms with E-state index in [0.29, 0.717) is 23.7 Å². The lowest BCUT2D eigenvalue weighted by Crippen LogP contribution is -2.67. The summed E-state index contributed by atoms with van der Waals surface area (Å²) in [5, 5.41) is 73.4. The van der Waals surface area contributed by atoms with Crippen LogP contribution in [-0.2, 0) is 23.7 Å². The van der Waals surface area contributed by atoms with E-state index in [2.05, 4.69) is 61.5 Å². The predicted octanol–water partition coefficient (Wildman–Crippen LogP) is 3.19. The maximum absolute atomic E-state index is 11.3. The Balaban J connectivity index is 1.12. The van der Waals surface area contributed by atoms with E-state index in [4.69, 9.17) is 23.7 Å². The van der Waals surface area contributed by atoms with E-state index in [1.54, 1.807) is 0 Å². The van der Waals surface area contributed by atoms with Crippen molar-refractivity contribution in [1.82, 2.24) is 0 Å². The topological polar surface area (TPSA) is 188 Å². The average molecular weight is 767 g/mol. The van der Waals surface area contributed by atoms with Gasteiger partial charge in [0, 0.05) is 0 Å². The zero-order valence-corrected chi connectivity index (χ0v) is 33.8. The summed E-state index contributed by atoms with van der Waals surface area (Å²) < 4.78 is 31.8. The summed E-state index contributed by atoms with van der Waals surface area (Å²) in [4.78, 5) is 0. The highest BCUT2D eigenvalue weighted by molar-refractivity contribution is 5.22. The van der Waals surface area contributed by atoms with Gasteiger partial charge in [-0.15, -0.1) is 0 Å². The van der Waals surface area contributed by atoms with Crippen molar-refractivity contribution in [2.75, 3.05) is 13.2 Å². The van der Waals surface area contributed by atoms with E-state index < -0.39 is 74.6 Å². The Hall–Kier alpha value is -0.740. The van der Waals surface area contributed by atoms with Crippen LogP contribution in [0.25, 0.3) is 0 Å². The van der Waals surface area contributed by atoms with Gasteiger partial charge >= 0.3 is 0 Å². The Morgan fingerprint density at radius 1 is 0.704 bits per heavy atom. The fourth-order valence-corrected chi connectivity index (χ4v) is 13.9. The third-order valence-electron chi connectivity index (χ3n) is 17.0. The molecule has 7 rings (SSSR count). The molecule has 4 aliphatic carbocycles. The van der Waals surface area contributed by atoms with Crippen molar-refractivity contribution in [3.63, 3.8) is 0 Å². The first-order valence-electron chi connectivity index (χ1n) is 20.8. The van der Waals surface area contributed by atoms with Crippen LogP contribution >= 0.6 is 0 Å². The van der Waals surface area contributed by atoms with Gasteiger partial charge in [-0.05, 0) is 124 Å². The van der Waals surface area contributed by atoms with Crippen LogP contribution in [0.2, 0.25) is 0 Å². The maximum atomic E-state index is 11.3. The Labute approximate surface area is 321 Å². The van der Waals surface area contributed by atoms with Crippen molar-refractivity contribution in [2.24, 2.45) is 45.3 Å². The van der Waals surface area contributed by atoms with E-state index in [0.717, 1.165) is 44.9 Å².